The van der Waals surface area contributed by atoms with Gasteiger partial charge in [0.1, 0.15) is 5.82 Å². The fraction of sp³-hybridized carbons (Fsp3) is 0.167. The van der Waals surface area contributed by atoms with Crippen LogP contribution in [0.2, 0.25) is 5.02 Å². The van der Waals surface area contributed by atoms with Crippen LogP contribution in [-0.4, -0.2) is 22.7 Å². The minimum Gasteiger partial charge on any atom is -0.493 e. The van der Waals surface area contributed by atoms with Crippen LogP contribution in [0.15, 0.2) is 24.4 Å². The number of aromatic nitrogens is 2. The van der Waals surface area contributed by atoms with Gasteiger partial charge in [-0.25, -0.2) is 4.39 Å². The van der Waals surface area contributed by atoms with Crippen molar-refractivity contribution in [3.8, 4) is 5.75 Å². The Morgan fingerprint density at radius 3 is 2.83 bits per heavy atom. The minimum atomic E-state index is -0.565. The Morgan fingerprint density at radius 2 is 2.22 bits per heavy atom. The van der Waals surface area contributed by atoms with E-state index in [9.17, 15) is 9.18 Å². The molecule has 1 heterocycles. The number of aryl methyl sites for hydroxylation is 1. The molecular formula is C12H10ClFN2O2. The van der Waals surface area contributed by atoms with E-state index in [4.69, 9.17) is 16.3 Å². The quantitative estimate of drug-likeness (QED) is 0.803. The smallest absolute Gasteiger partial charge is 0.214 e. The molecule has 0 atom stereocenters. The third-order valence-corrected chi connectivity index (χ3v) is 2.81. The van der Waals surface area contributed by atoms with E-state index in [1.807, 2.05) is 0 Å². The highest BCUT2D eigenvalue weighted by Gasteiger charge is 2.20. The summed E-state index contributed by atoms with van der Waals surface area (Å²) in [6.07, 6.45) is 1.44. The largest absolute Gasteiger partial charge is 0.493 e. The van der Waals surface area contributed by atoms with Gasteiger partial charge in [-0.15, -0.1) is 0 Å². The van der Waals surface area contributed by atoms with Gasteiger partial charge < -0.3 is 4.74 Å². The van der Waals surface area contributed by atoms with Crippen LogP contribution in [0.1, 0.15) is 16.1 Å². The average molecular weight is 269 g/mol. The van der Waals surface area contributed by atoms with Crippen molar-refractivity contribution in [2.45, 2.75) is 0 Å². The minimum absolute atomic E-state index is 0.0954. The zero-order valence-electron chi connectivity index (χ0n) is 9.78. The van der Waals surface area contributed by atoms with Gasteiger partial charge in [0, 0.05) is 12.6 Å². The molecule has 4 nitrogen and oxygen atoms in total. The van der Waals surface area contributed by atoms with E-state index in [1.165, 1.54) is 30.1 Å². The van der Waals surface area contributed by atoms with Crippen molar-refractivity contribution in [3.05, 3.63) is 46.5 Å². The highest BCUT2D eigenvalue weighted by Crippen LogP contribution is 2.23. The molecule has 2 rings (SSSR count). The molecule has 0 saturated carbocycles. The maximum Gasteiger partial charge on any atom is 0.214 e. The van der Waals surface area contributed by atoms with Crippen molar-refractivity contribution in [3.63, 3.8) is 0 Å². The summed E-state index contributed by atoms with van der Waals surface area (Å²) in [7, 11) is 3.08. The summed E-state index contributed by atoms with van der Waals surface area (Å²) in [5, 5.41) is 3.84. The lowest BCUT2D eigenvalue weighted by Crippen LogP contribution is -2.09. The van der Waals surface area contributed by atoms with Crippen LogP contribution in [0.4, 0.5) is 4.39 Å². The highest BCUT2D eigenvalue weighted by molar-refractivity contribution is 6.31. The molecule has 94 valence electrons. The first-order valence-electron chi connectivity index (χ1n) is 5.10. The van der Waals surface area contributed by atoms with E-state index in [-0.39, 0.29) is 16.4 Å². The maximum atomic E-state index is 13.0. The van der Waals surface area contributed by atoms with Gasteiger partial charge in [-0.2, -0.15) is 5.10 Å². The fourth-order valence-electron chi connectivity index (χ4n) is 1.60. The number of hydrogen-bond acceptors (Lipinski definition) is 3. The third-order valence-electron chi connectivity index (χ3n) is 2.52. The topological polar surface area (TPSA) is 44.1 Å². The molecule has 0 amide bonds. The number of hydrogen-bond donors (Lipinski definition) is 0. The van der Waals surface area contributed by atoms with Crippen molar-refractivity contribution < 1.29 is 13.9 Å². The van der Waals surface area contributed by atoms with Gasteiger partial charge in [-0.1, -0.05) is 11.6 Å². The molecule has 0 N–H and O–H groups in total. The maximum absolute atomic E-state index is 13.0. The Labute approximate surface area is 108 Å². The van der Waals surface area contributed by atoms with Crippen molar-refractivity contribution >= 4 is 17.4 Å². The van der Waals surface area contributed by atoms with Crippen molar-refractivity contribution in [2.75, 3.05) is 7.11 Å². The first-order chi connectivity index (χ1) is 8.54. The predicted molar refractivity (Wildman–Crippen MR) is 64.6 cm³/mol. The van der Waals surface area contributed by atoms with Gasteiger partial charge in [-0.05, 0) is 18.2 Å². The van der Waals surface area contributed by atoms with Crippen LogP contribution in [0.3, 0.4) is 0 Å². The Balaban J connectivity index is 2.47. The molecule has 0 spiro atoms. The summed E-state index contributed by atoms with van der Waals surface area (Å²) in [6.45, 7) is 0. The zero-order chi connectivity index (χ0) is 13.3. The van der Waals surface area contributed by atoms with Crippen LogP contribution in [0.25, 0.3) is 0 Å². The third kappa shape index (κ3) is 2.09. The lowest BCUT2D eigenvalue weighted by Gasteiger charge is -2.05. The fourth-order valence-corrected chi connectivity index (χ4v) is 1.78. The molecule has 0 radical (unpaired) electrons. The summed E-state index contributed by atoms with van der Waals surface area (Å²) in [4.78, 5) is 12.2. The predicted octanol–water partition coefficient (Wildman–Crippen LogP) is 2.45. The van der Waals surface area contributed by atoms with E-state index in [0.717, 1.165) is 6.07 Å². The van der Waals surface area contributed by atoms with Crippen LogP contribution in [0.5, 0.6) is 5.75 Å². The average Bonchev–Trinajstić information content (AvgIpc) is 2.73. The second-order valence-electron chi connectivity index (χ2n) is 3.64. The van der Waals surface area contributed by atoms with Crippen LogP contribution >= 0.6 is 11.6 Å². The van der Waals surface area contributed by atoms with Gasteiger partial charge in [0.15, 0.2) is 11.4 Å². The van der Waals surface area contributed by atoms with Gasteiger partial charge in [-0.3, -0.25) is 9.48 Å². The van der Waals surface area contributed by atoms with E-state index in [1.54, 1.807) is 7.05 Å². The Morgan fingerprint density at radius 1 is 1.50 bits per heavy atom. The zero-order valence-corrected chi connectivity index (χ0v) is 10.5. The summed E-state index contributed by atoms with van der Waals surface area (Å²) in [5.41, 5.74) is 0.573. The number of ether oxygens (including phenoxy) is 1. The van der Waals surface area contributed by atoms with Gasteiger partial charge >= 0.3 is 0 Å². The Hall–Kier alpha value is -1.88. The summed E-state index contributed by atoms with van der Waals surface area (Å²) in [5.74, 6) is -0.526. The molecule has 1 aromatic heterocycles. The van der Waals surface area contributed by atoms with Crippen molar-refractivity contribution in [1.82, 2.24) is 9.78 Å². The number of rotatable bonds is 3. The van der Waals surface area contributed by atoms with E-state index in [2.05, 4.69) is 5.10 Å². The molecular weight excluding hydrogens is 259 g/mol. The molecule has 0 unspecified atom stereocenters. The molecule has 6 heteroatoms. The van der Waals surface area contributed by atoms with Crippen LogP contribution in [-0.2, 0) is 7.05 Å². The van der Waals surface area contributed by atoms with Crippen LogP contribution in [0, 0.1) is 5.82 Å². The molecule has 0 saturated heterocycles. The number of nitrogens with zero attached hydrogens (tertiary/aromatic N) is 2. The summed E-state index contributed by atoms with van der Waals surface area (Å²) < 4.78 is 19.5. The highest BCUT2D eigenvalue weighted by atomic mass is 35.5. The molecule has 0 aliphatic rings. The summed E-state index contributed by atoms with van der Waals surface area (Å²) in [6, 6.07) is 3.81. The SMILES string of the molecule is COc1cnn(C)c1C(=O)c1ccc(F)c(Cl)c1. The van der Waals surface area contributed by atoms with E-state index in [0.29, 0.717) is 11.4 Å². The standard InChI is InChI=1S/C12H10ClFN2O2/c1-16-11(10(18-2)6-15-16)12(17)7-3-4-9(14)8(13)5-7/h3-6H,1-2H3. The first kappa shape index (κ1) is 12.6. The van der Waals surface area contributed by atoms with Crippen LogP contribution < -0.4 is 4.74 Å². The lowest BCUT2D eigenvalue weighted by molar-refractivity contribution is 0.102. The van der Waals surface area contributed by atoms with Crippen molar-refractivity contribution in [2.24, 2.45) is 7.05 Å². The normalized spacial score (nSPS) is 10.4. The number of halogens is 2. The Kier molecular flexibility index (Phi) is 3.34. The van der Waals surface area contributed by atoms with Gasteiger partial charge in [0.05, 0.1) is 18.3 Å². The molecule has 18 heavy (non-hydrogen) atoms. The van der Waals surface area contributed by atoms with Crippen molar-refractivity contribution in [1.29, 1.82) is 0 Å². The number of methoxy groups -OCH3 is 1. The molecule has 0 aliphatic carbocycles. The molecule has 0 bridgehead atoms. The Bertz CT molecular complexity index is 610. The first-order valence-corrected chi connectivity index (χ1v) is 5.48. The van der Waals surface area contributed by atoms with Gasteiger partial charge in [0.25, 0.3) is 0 Å². The van der Waals surface area contributed by atoms with E-state index < -0.39 is 5.82 Å². The monoisotopic (exact) mass is 268 g/mol. The number of carbonyl (C=O) groups is 1. The number of carbonyl (C=O) groups excluding carboxylic acids is 1. The second-order valence-corrected chi connectivity index (χ2v) is 4.05. The number of ketones is 1. The molecule has 2 aromatic rings. The van der Waals surface area contributed by atoms with E-state index >= 15 is 0 Å². The lowest BCUT2D eigenvalue weighted by atomic mass is 10.1. The number of benzene rings is 1. The summed E-state index contributed by atoms with van der Waals surface area (Å²) >= 11 is 5.65. The molecule has 0 fully saturated rings. The molecule has 0 aliphatic heterocycles. The molecule has 1 aromatic carbocycles. The second kappa shape index (κ2) is 4.78. The van der Waals surface area contributed by atoms with Gasteiger partial charge in [0.2, 0.25) is 5.78 Å².